The number of rotatable bonds is 6. The molecule has 0 radical (unpaired) electrons. The highest BCUT2D eigenvalue weighted by molar-refractivity contribution is 5.91. The molecule has 0 unspecified atom stereocenters. The summed E-state index contributed by atoms with van der Waals surface area (Å²) < 4.78 is 76.8. The van der Waals surface area contributed by atoms with E-state index in [1.54, 1.807) is 6.92 Å². The minimum atomic E-state index is -5.03. The quantitative estimate of drug-likeness (QED) is 0.682. The Balaban J connectivity index is 3.12. The van der Waals surface area contributed by atoms with Crippen molar-refractivity contribution < 1.29 is 41.0 Å². The van der Waals surface area contributed by atoms with Crippen molar-refractivity contribution in [3.8, 4) is 0 Å². The van der Waals surface area contributed by atoms with Crippen molar-refractivity contribution >= 4 is 17.6 Å². The normalized spacial score (nSPS) is 14.6. The van der Waals surface area contributed by atoms with Crippen LogP contribution in [0.3, 0.4) is 0 Å². The van der Waals surface area contributed by atoms with Gasteiger partial charge >= 0.3 is 18.3 Å². The number of alkyl halides is 6. The summed E-state index contributed by atoms with van der Waals surface area (Å²) in [6.45, 7) is 3.12. The monoisotopic (exact) mass is 385 g/mol. The molecule has 0 aliphatic rings. The molecule has 0 saturated carbocycles. The van der Waals surface area contributed by atoms with Crippen LogP contribution in [-0.4, -0.2) is 17.0 Å². The van der Waals surface area contributed by atoms with Gasteiger partial charge in [-0.25, -0.2) is 0 Å². The molecular weight excluding hydrogens is 368 g/mol. The van der Waals surface area contributed by atoms with Gasteiger partial charge in [0.15, 0.2) is 0 Å². The lowest BCUT2D eigenvalue weighted by Gasteiger charge is -2.25. The highest BCUT2D eigenvalue weighted by Gasteiger charge is 2.37. The molecule has 26 heavy (non-hydrogen) atoms. The predicted octanol–water partition coefficient (Wildman–Crippen LogP) is 4.94. The maximum Gasteiger partial charge on any atom is 0.416 e. The Labute approximate surface area is 145 Å². The second kappa shape index (κ2) is 7.55. The van der Waals surface area contributed by atoms with Crippen molar-refractivity contribution in [2.24, 2.45) is 5.41 Å². The molecule has 1 aromatic rings. The number of carbonyl (C=O) groups is 2. The van der Waals surface area contributed by atoms with Gasteiger partial charge in [-0.3, -0.25) is 9.59 Å². The molecule has 1 amide bonds. The Morgan fingerprint density at radius 3 is 1.77 bits per heavy atom. The average molecular weight is 385 g/mol. The highest BCUT2D eigenvalue weighted by Crippen LogP contribution is 2.38. The molecule has 1 atom stereocenters. The van der Waals surface area contributed by atoms with Crippen LogP contribution in [0.15, 0.2) is 18.2 Å². The van der Waals surface area contributed by atoms with E-state index in [1.165, 1.54) is 6.92 Å². The summed E-state index contributed by atoms with van der Waals surface area (Å²) in [6.07, 6.45) is -10.5. The molecule has 146 valence electrons. The smallest absolute Gasteiger partial charge is 0.416 e. The SMILES string of the molecule is CC[C@](C)(CC(=O)O)CC(=O)Nc1cc(C(F)(F)F)cc(C(F)(F)F)c1. The number of halogens is 6. The Bertz CT molecular complexity index is 651. The first kappa shape index (κ1) is 21.8. The third-order valence-electron chi connectivity index (χ3n) is 3.89. The number of carbonyl (C=O) groups excluding carboxylic acids is 1. The van der Waals surface area contributed by atoms with E-state index in [4.69, 9.17) is 5.11 Å². The van der Waals surface area contributed by atoms with Crippen LogP contribution >= 0.6 is 0 Å². The lowest BCUT2D eigenvalue weighted by Crippen LogP contribution is -2.27. The van der Waals surface area contributed by atoms with Crippen LogP contribution < -0.4 is 5.32 Å². The molecule has 0 aliphatic carbocycles. The zero-order chi connectivity index (χ0) is 20.3. The first-order valence-electron chi connectivity index (χ1n) is 7.47. The molecule has 1 aromatic carbocycles. The van der Waals surface area contributed by atoms with Crippen LogP contribution in [0.25, 0.3) is 0 Å². The van der Waals surface area contributed by atoms with Gasteiger partial charge in [0.1, 0.15) is 0 Å². The molecule has 2 N–H and O–H groups in total. The molecule has 0 spiro atoms. The molecule has 4 nitrogen and oxygen atoms in total. The summed E-state index contributed by atoms with van der Waals surface area (Å²) in [5.74, 6) is -2.04. The van der Waals surface area contributed by atoms with Gasteiger partial charge < -0.3 is 10.4 Å². The van der Waals surface area contributed by atoms with Crippen molar-refractivity contribution in [2.75, 3.05) is 5.32 Å². The number of hydrogen-bond acceptors (Lipinski definition) is 2. The number of nitrogens with one attached hydrogen (secondary N) is 1. The second-order valence-electron chi connectivity index (χ2n) is 6.25. The topological polar surface area (TPSA) is 66.4 Å². The maximum atomic E-state index is 12.8. The van der Waals surface area contributed by atoms with E-state index in [-0.39, 0.29) is 25.3 Å². The summed E-state index contributed by atoms with van der Waals surface area (Å²) in [5, 5.41) is 10.9. The predicted molar refractivity (Wildman–Crippen MR) is 80.3 cm³/mol. The second-order valence-corrected chi connectivity index (χ2v) is 6.25. The minimum Gasteiger partial charge on any atom is -0.481 e. The largest absolute Gasteiger partial charge is 0.481 e. The lowest BCUT2D eigenvalue weighted by molar-refractivity contribution is -0.143. The molecule has 0 aliphatic heterocycles. The summed E-state index contributed by atoms with van der Waals surface area (Å²) in [5.41, 5.74) is -4.74. The van der Waals surface area contributed by atoms with E-state index in [2.05, 4.69) is 0 Å². The van der Waals surface area contributed by atoms with Crippen molar-refractivity contribution in [2.45, 2.75) is 45.5 Å². The van der Waals surface area contributed by atoms with Gasteiger partial charge in [0, 0.05) is 12.1 Å². The molecule has 0 aromatic heterocycles. The zero-order valence-electron chi connectivity index (χ0n) is 13.9. The van der Waals surface area contributed by atoms with Crippen molar-refractivity contribution in [1.29, 1.82) is 0 Å². The first-order valence-corrected chi connectivity index (χ1v) is 7.47. The lowest BCUT2D eigenvalue weighted by atomic mass is 9.80. The fraction of sp³-hybridized carbons (Fsp3) is 0.500. The van der Waals surface area contributed by atoms with E-state index in [9.17, 15) is 35.9 Å². The van der Waals surface area contributed by atoms with Gasteiger partial charge in [0.25, 0.3) is 0 Å². The molecule has 10 heteroatoms. The summed E-state index contributed by atoms with van der Waals surface area (Å²) in [4.78, 5) is 22.9. The van der Waals surface area contributed by atoms with Gasteiger partial charge in [-0.15, -0.1) is 0 Å². The Morgan fingerprint density at radius 2 is 1.42 bits per heavy atom. The fourth-order valence-electron chi connectivity index (χ4n) is 2.30. The van der Waals surface area contributed by atoms with Gasteiger partial charge in [-0.1, -0.05) is 13.8 Å². The number of carboxylic acid groups (broad SMARTS) is 1. The third kappa shape index (κ3) is 6.23. The van der Waals surface area contributed by atoms with E-state index >= 15 is 0 Å². The average Bonchev–Trinajstić information content (AvgIpc) is 2.43. The van der Waals surface area contributed by atoms with Crippen LogP contribution in [0, 0.1) is 5.41 Å². The molecule has 1 rings (SSSR count). The van der Waals surface area contributed by atoms with Crippen LogP contribution in [0.1, 0.15) is 44.2 Å². The Kier molecular flexibility index (Phi) is 6.32. The number of anilines is 1. The summed E-state index contributed by atoms with van der Waals surface area (Å²) in [7, 11) is 0. The molecule has 0 fully saturated rings. The van der Waals surface area contributed by atoms with Crippen molar-refractivity contribution in [1.82, 2.24) is 0 Å². The Hall–Kier alpha value is -2.26. The van der Waals surface area contributed by atoms with Crippen LogP contribution in [-0.2, 0) is 21.9 Å². The number of hydrogen-bond donors (Lipinski definition) is 2. The third-order valence-corrected chi connectivity index (χ3v) is 3.89. The molecule has 0 heterocycles. The fourth-order valence-corrected chi connectivity index (χ4v) is 2.30. The Morgan fingerprint density at radius 1 is 0.962 bits per heavy atom. The van der Waals surface area contributed by atoms with Crippen molar-refractivity contribution in [3.63, 3.8) is 0 Å². The van der Waals surface area contributed by atoms with E-state index in [0.717, 1.165) is 0 Å². The van der Waals surface area contributed by atoms with Crippen molar-refractivity contribution in [3.05, 3.63) is 29.3 Å². The standard InChI is InChI=1S/C16H17F6NO3/c1-3-14(2,8-13(25)26)7-12(24)23-11-5-9(15(17,18)19)4-10(6-11)16(20,21)22/h4-6H,3,7-8H2,1-2H3,(H,23,24)(H,25,26)/t14-/m0/s1. The van der Waals surface area contributed by atoms with E-state index in [0.29, 0.717) is 12.1 Å². The maximum absolute atomic E-state index is 12.8. The van der Waals surface area contributed by atoms with Gasteiger partial charge in [-0.05, 0) is 30.0 Å². The zero-order valence-corrected chi connectivity index (χ0v) is 13.9. The summed E-state index contributed by atoms with van der Waals surface area (Å²) in [6, 6.07) is 0.748. The number of benzene rings is 1. The number of carboxylic acids is 1. The van der Waals surface area contributed by atoms with E-state index in [1.807, 2.05) is 5.32 Å². The van der Waals surface area contributed by atoms with Gasteiger partial charge in [0.05, 0.1) is 17.5 Å². The summed E-state index contributed by atoms with van der Waals surface area (Å²) >= 11 is 0. The van der Waals surface area contributed by atoms with Gasteiger partial charge in [-0.2, -0.15) is 26.3 Å². The minimum absolute atomic E-state index is 0.0454. The highest BCUT2D eigenvalue weighted by atomic mass is 19.4. The van der Waals surface area contributed by atoms with Crippen LogP contribution in [0.4, 0.5) is 32.0 Å². The molecule has 0 bridgehead atoms. The van der Waals surface area contributed by atoms with E-state index < -0.39 is 46.5 Å². The van der Waals surface area contributed by atoms with Crippen LogP contribution in [0.5, 0.6) is 0 Å². The first-order chi connectivity index (χ1) is 11.7. The van der Waals surface area contributed by atoms with Gasteiger partial charge in [0.2, 0.25) is 5.91 Å². The number of amides is 1. The molecular formula is C16H17F6NO3. The number of aliphatic carboxylic acids is 1. The van der Waals surface area contributed by atoms with Crippen LogP contribution in [0.2, 0.25) is 0 Å². The molecule has 0 saturated heterocycles.